The molecule has 2 N–H and O–H groups in total. The van der Waals surface area contributed by atoms with Gasteiger partial charge in [0.2, 0.25) is 0 Å². The number of carbonyl (C=O) groups is 1. The summed E-state index contributed by atoms with van der Waals surface area (Å²) in [6, 6.07) is 9.65. The van der Waals surface area contributed by atoms with Crippen LogP contribution in [0.2, 0.25) is 0 Å². The monoisotopic (exact) mass is 235 g/mol. The smallest absolute Gasteiger partial charge is 0.320 e. The average Bonchev–Trinajstić information content (AvgIpc) is 2.29. The molecule has 0 fully saturated rings. The normalized spacial score (nSPS) is 14.6. The maximum Gasteiger partial charge on any atom is 0.320 e. The third kappa shape index (κ3) is 4.19. The van der Waals surface area contributed by atoms with E-state index in [1.165, 1.54) is 5.56 Å². The second-order valence-corrected chi connectivity index (χ2v) is 4.78. The van der Waals surface area contributed by atoms with Crippen LogP contribution in [-0.4, -0.2) is 23.7 Å². The molecule has 0 aliphatic heterocycles. The van der Waals surface area contributed by atoms with Crippen molar-refractivity contribution in [1.29, 1.82) is 0 Å². The lowest BCUT2D eigenvalue weighted by Crippen LogP contribution is -2.42. The molecule has 1 aromatic rings. The second kappa shape index (κ2) is 6.40. The maximum absolute atomic E-state index is 11.0. The lowest BCUT2D eigenvalue weighted by molar-refractivity contribution is -0.140. The Bertz CT molecular complexity index is 348. The van der Waals surface area contributed by atoms with Gasteiger partial charge in [-0.05, 0) is 17.4 Å². The first kappa shape index (κ1) is 13.7. The van der Waals surface area contributed by atoms with Crippen LogP contribution in [0.25, 0.3) is 0 Å². The lowest BCUT2D eigenvalue weighted by atomic mass is 9.99. The zero-order valence-corrected chi connectivity index (χ0v) is 10.7. The van der Waals surface area contributed by atoms with Crippen molar-refractivity contribution in [3.63, 3.8) is 0 Å². The van der Waals surface area contributed by atoms with Crippen LogP contribution in [0.3, 0.4) is 0 Å². The molecule has 2 atom stereocenters. The van der Waals surface area contributed by atoms with Crippen LogP contribution in [0.4, 0.5) is 0 Å². The molecule has 0 heterocycles. The van der Waals surface area contributed by atoms with Crippen molar-refractivity contribution < 1.29 is 9.90 Å². The minimum absolute atomic E-state index is 0.0930. The number of hydrogen-bond acceptors (Lipinski definition) is 2. The largest absolute Gasteiger partial charge is 0.480 e. The van der Waals surface area contributed by atoms with E-state index in [1.54, 1.807) is 0 Å². The number of rotatable bonds is 6. The highest BCUT2D eigenvalue weighted by Gasteiger charge is 2.21. The van der Waals surface area contributed by atoms with Gasteiger partial charge in [-0.1, -0.05) is 51.1 Å². The summed E-state index contributed by atoms with van der Waals surface area (Å²) in [4.78, 5) is 11.0. The first-order valence-electron chi connectivity index (χ1n) is 6.03. The fraction of sp³-hybridized carbons (Fsp3) is 0.500. The van der Waals surface area contributed by atoms with Gasteiger partial charge in [0, 0.05) is 6.54 Å². The second-order valence-electron chi connectivity index (χ2n) is 4.78. The van der Waals surface area contributed by atoms with E-state index in [0.717, 1.165) is 0 Å². The van der Waals surface area contributed by atoms with Gasteiger partial charge in [-0.15, -0.1) is 0 Å². The van der Waals surface area contributed by atoms with Gasteiger partial charge in [0.15, 0.2) is 0 Å². The number of carboxylic acid groups (broad SMARTS) is 1. The molecule has 0 saturated heterocycles. The zero-order chi connectivity index (χ0) is 12.8. The predicted octanol–water partition coefficient (Wildman–Crippen LogP) is 2.49. The first-order valence-corrected chi connectivity index (χ1v) is 6.03. The van der Waals surface area contributed by atoms with Crippen LogP contribution in [0.15, 0.2) is 30.3 Å². The summed E-state index contributed by atoms with van der Waals surface area (Å²) >= 11 is 0. The molecule has 0 radical (unpaired) electrons. The number of carboxylic acids is 1. The Labute approximate surface area is 103 Å². The molecule has 0 saturated carbocycles. The molecule has 1 aromatic carbocycles. The zero-order valence-electron chi connectivity index (χ0n) is 10.7. The fourth-order valence-electron chi connectivity index (χ4n) is 1.81. The molecule has 0 amide bonds. The van der Waals surface area contributed by atoms with E-state index < -0.39 is 12.0 Å². The van der Waals surface area contributed by atoms with Crippen molar-refractivity contribution in [1.82, 2.24) is 5.32 Å². The molecular formula is C14H21NO2. The molecule has 0 spiro atoms. The number of hydrogen-bond donors (Lipinski definition) is 2. The summed E-state index contributed by atoms with van der Waals surface area (Å²) in [6.07, 6.45) is 0. The van der Waals surface area contributed by atoms with Crippen LogP contribution in [-0.2, 0) is 4.79 Å². The summed E-state index contributed by atoms with van der Waals surface area (Å²) in [5, 5.41) is 12.2. The highest BCUT2D eigenvalue weighted by Crippen LogP contribution is 2.14. The van der Waals surface area contributed by atoms with E-state index >= 15 is 0 Å². The Morgan fingerprint density at radius 2 is 1.82 bits per heavy atom. The van der Waals surface area contributed by atoms with E-state index in [9.17, 15) is 4.79 Å². The van der Waals surface area contributed by atoms with Gasteiger partial charge < -0.3 is 10.4 Å². The number of nitrogens with one attached hydrogen (secondary N) is 1. The van der Waals surface area contributed by atoms with Crippen LogP contribution >= 0.6 is 0 Å². The van der Waals surface area contributed by atoms with E-state index in [2.05, 4.69) is 24.4 Å². The summed E-state index contributed by atoms with van der Waals surface area (Å²) in [5.41, 5.74) is 1.23. The van der Waals surface area contributed by atoms with Crippen molar-refractivity contribution in [2.24, 2.45) is 5.92 Å². The van der Waals surface area contributed by atoms with Gasteiger partial charge in [0.1, 0.15) is 6.04 Å². The van der Waals surface area contributed by atoms with Gasteiger partial charge in [-0.3, -0.25) is 4.79 Å². The third-order valence-electron chi connectivity index (χ3n) is 2.95. The Morgan fingerprint density at radius 3 is 2.29 bits per heavy atom. The van der Waals surface area contributed by atoms with Gasteiger partial charge in [-0.25, -0.2) is 0 Å². The molecule has 1 rings (SSSR count). The fourth-order valence-corrected chi connectivity index (χ4v) is 1.81. The number of aliphatic carboxylic acids is 1. The van der Waals surface area contributed by atoms with Gasteiger partial charge in [0.25, 0.3) is 0 Å². The minimum atomic E-state index is -0.778. The molecular weight excluding hydrogens is 214 g/mol. The summed E-state index contributed by atoms with van der Waals surface area (Å²) in [7, 11) is 0. The molecule has 2 unspecified atom stereocenters. The van der Waals surface area contributed by atoms with Crippen molar-refractivity contribution in [3.05, 3.63) is 35.9 Å². The van der Waals surface area contributed by atoms with Gasteiger partial charge in [-0.2, -0.15) is 0 Å². The molecule has 94 valence electrons. The maximum atomic E-state index is 11.0. The first-order chi connectivity index (χ1) is 8.02. The molecule has 0 aromatic heterocycles. The van der Waals surface area contributed by atoms with E-state index in [0.29, 0.717) is 12.5 Å². The predicted molar refractivity (Wildman–Crippen MR) is 69.1 cm³/mol. The topological polar surface area (TPSA) is 49.3 Å². The highest BCUT2D eigenvalue weighted by atomic mass is 16.4. The van der Waals surface area contributed by atoms with Crippen LogP contribution in [0, 0.1) is 5.92 Å². The Morgan fingerprint density at radius 1 is 1.24 bits per heavy atom. The van der Waals surface area contributed by atoms with E-state index in [4.69, 9.17) is 5.11 Å². The molecule has 3 heteroatoms. The van der Waals surface area contributed by atoms with Crippen molar-refractivity contribution in [2.75, 3.05) is 6.54 Å². The molecule has 0 aliphatic carbocycles. The quantitative estimate of drug-likeness (QED) is 0.796. The number of benzene rings is 1. The van der Waals surface area contributed by atoms with Gasteiger partial charge >= 0.3 is 5.97 Å². The molecule has 0 bridgehead atoms. The summed E-state index contributed by atoms with van der Waals surface area (Å²) < 4.78 is 0. The van der Waals surface area contributed by atoms with Crippen molar-refractivity contribution in [2.45, 2.75) is 32.7 Å². The summed E-state index contributed by atoms with van der Waals surface area (Å²) in [6.45, 7) is 6.61. The summed E-state index contributed by atoms with van der Waals surface area (Å²) in [5.74, 6) is -0.368. The highest BCUT2D eigenvalue weighted by molar-refractivity contribution is 5.73. The molecule has 3 nitrogen and oxygen atoms in total. The van der Waals surface area contributed by atoms with Crippen LogP contribution < -0.4 is 5.32 Å². The van der Waals surface area contributed by atoms with Crippen LogP contribution in [0.1, 0.15) is 32.3 Å². The molecule has 17 heavy (non-hydrogen) atoms. The van der Waals surface area contributed by atoms with Crippen molar-refractivity contribution >= 4 is 5.97 Å². The minimum Gasteiger partial charge on any atom is -0.480 e. The van der Waals surface area contributed by atoms with Crippen molar-refractivity contribution in [3.8, 4) is 0 Å². The third-order valence-corrected chi connectivity index (χ3v) is 2.95. The standard InChI is InChI=1S/C14H21NO2/c1-10(2)13(14(16)17)15-9-11(3)12-7-5-4-6-8-12/h4-8,10-11,13,15H,9H2,1-3H3,(H,16,17). The SMILES string of the molecule is CC(CNC(C(=O)O)C(C)C)c1ccccc1. The molecule has 0 aliphatic rings. The Kier molecular flexibility index (Phi) is 5.16. The Hall–Kier alpha value is -1.35. The van der Waals surface area contributed by atoms with Crippen LogP contribution in [0.5, 0.6) is 0 Å². The average molecular weight is 235 g/mol. The van der Waals surface area contributed by atoms with E-state index in [-0.39, 0.29) is 5.92 Å². The lowest BCUT2D eigenvalue weighted by Gasteiger charge is -2.20. The van der Waals surface area contributed by atoms with Gasteiger partial charge in [0.05, 0.1) is 0 Å². The Balaban J connectivity index is 2.52. The van der Waals surface area contributed by atoms with E-state index in [1.807, 2.05) is 32.0 Å².